The smallest absolute Gasteiger partial charge is 0.220 e. The van der Waals surface area contributed by atoms with Crippen LogP contribution in [0.15, 0.2) is 6.20 Å². The molecular formula is C16H24N6. The van der Waals surface area contributed by atoms with Gasteiger partial charge in [0.15, 0.2) is 0 Å². The lowest BCUT2D eigenvalue weighted by Crippen LogP contribution is -2.28. The summed E-state index contributed by atoms with van der Waals surface area (Å²) in [5, 5.41) is 4.78. The number of hydrogen-bond donors (Lipinski definition) is 1. The number of aromatic nitrogens is 4. The quantitative estimate of drug-likeness (QED) is 0.932. The summed E-state index contributed by atoms with van der Waals surface area (Å²) in [7, 11) is 4.14. The zero-order chi connectivity index (χ0) is 16.1. The standard InChI is InChI=1S/C16H24N6/c1-10-12-14(22(20-10)7-6-21(4)5)13-11(8-16(12,2)3)9-18-15(17)19-13/h9H,6-8H2,1-5H3,(H2,17,18,19). The van der Waals surface area contributed by atoms with Crippen LogP contribution < -0.4 is 5.73 Å². The van der Waals surface area contributed by atoms with E-state index in [-0.39, 0.29) is 5.41 Å². The summed E-state index contributed by atoms with van der Waals surface area (Å²) in [6.07, 6.45) is 2.77. The van der Waals surface area contributed by atoms with Crippen LogP contribution in [0.3, 0.4) is 0 Å². The van der Waals surface area contributed by atoms with E-state index >= 15 is 0 Å². The van der Waals surface area contributed by atoms with Crippen LogP contribution in [0.25, 0.3) is 11.4 Å². The Kier molecular flexibility index (Phi) is 3.44. The molecular weight excluding hydrogens is 276 g/mol. The van der Waals surface area contributed by atoms with Gasteiger partial charge in [0.1, 0.15) is 0 Å². The van der Waals surface area contributed by atoms with E-state index in [1.54, 1.807) is 0 Å². The highest BCUT2D eigenvalue weighted by Crippen LogP contribution is 2.43. The maximum absolute atomic E-state index is 5.83. The van der Waals surface area contributed by atoms with Crippen molar-refractivity contribution in [2.75, 3.05) is 26.4 Å². The number of nitrogens with zero attached hydrogens (tertiary/aromatic N) is 5. The van der Waals surface area contributed by atoms with Crippen LogP contribution in [0.4, 0.5) is 5.95 Å². The summed E-state index contributed by atoms with van der Waals surface area (Å²) in [5.41, 5.74) is 11.4. The van der Waals surface area contributed by atoms with Crippen molar-refractivity contribution in [2.45, 2.75) is 39.2 Å². The van der Waals surface area contributed by atoms with Crippen molar-refractivity contribution >= 4 is 5.95 Å². The molecule has 0 saturated heterocycles. The van der Waals surface area contributed by atoms with Gasteiger partial charge in [-0.3, -0.25) is 4.68 Å². The Hall–Kier alpha value is -1.95. The predicted molar refractivity (Wildman–Crippen MR) is 87.7 cm³/mol. The summed E-state index contributed by atoms with van der Waals surface area (Å²) in [5.74, 6) is 0.322. The fourth-order valence-corrected chi connectivity index (χ4v) is 3.41. The highest BCUT2D eigenvalue weighted by molar-refractivity contribution is 5.70. The first kappa shape index (κ1) is 15.0. The van der Waals surface area contributed by atoms with E-state index in [9.17, 15) is 0 Å². The summed E-state index contributed by atoms with van der Waals surface area (Å²) < 4.78 is 2.08. The van der Waals surface area contributed by atoms with Gasteiger partial charge in [-0.2, -0.15) is 5.10 Å². The number of fused-ring (bicyclic) bond motifs is 3. The number of likely N-dealkylation sites (N-methyl/N-ethyl adjacent to an activating group) is 1. The molecule has 0 aromatic carbocycles. The van der Waals surface area contributed by atoms with E-state index in [2.05, 4.69) is 54.4 Å². The summed E-state index contributed by atoms with van der Waals surface area (Å²) >= 11 is 0. The minimum absolute atomic E-state index is 0.0300. The average Bonchev–Trinajstić information content (AvgIpc) is 2.75. The first-order valence-electron chi connectivity index (χ1n) is 7.64. The van der Waals surface area contributed by atoms with Gasteiger partial charge in [0.25, 0.3) is 0 Å². The minimum atomic E-state index is 0.0300. The molecule has 2 heterocycles. The molecule has 2 aromatic rings. The van der Waals surface area contributed by atoms with E-state index in [0.717, 1.165) is 42.2 Å². The van der Waals surface area contributed by atoms with Crippen molar-refractivity contribution in [2.24, 2.45) is 0 Å². The van der Waals surface area contributed by atoms with Gasteiger partial charge in [-0.1, -0.05) is 13.8 Å². The highest BCUT2D eigenvalue weighted by Gasteiger charge is 2.37. The largest absolute Gasteiger partial charge is 0.368 e. The van der Waals surface area contributed by atoms with Crippen molar-refractivity contribution in [3.05, 3.63) is 23.0 Å². The maximum atomic E-state index is 5.83. The van der Waals surface area contributed by atoms with Gasteiger partial charge in [-0.05, 0) is 38.4 Å². The van der Waals surface area contributed by atoms with Crippen molar-refractivity contribution in [1.29, 1.82) is 0 Å². The van der Waals surface area contributed by atoms with Gasteiger partial charge in [0.05, 0.1) is 23.6 Å². The van der Waals surface area contributed by atoms with Gasteiger partial charge in [0.2, 0.25) is 5.95 Å². The molecule has 0 aliphatic heterocycles. The molecule has 0 saturated carbocycles. The van der Waals surface area contributed by atoms with Crippen LogP contribution in [0.1, 0.15) is 30.7 Å². The van der Waals surface area contributed by atoms with Crippen molar-refractivity contribution in [3.8, 4) is 11.4 Å². The topological polar surface area (TPSA) is 72.9 Å². The van der Waals surface area contributed by atoms with Crippen LogP contribution in [0, 0.1) is 6.92 Å². The third kappa shape index (κ3) is 2.37. The molecule has 2 aromatic heterocycles. The normalized spacial score (nSPS) is 15.7. The van der Waals surface area contributed by atoms with Gasteiger partial charge in [0, 0.05) is 18.3 Å². The lowest BCUT2D eigenvalue weighted by atomic mass is 9.73. The Balaban J connectivity index is 2.20. The van der Waals surface area contributed by atoms with Gasteiger partial charge < -0.3 is 10.6 Å². The second-order valence-corrected chi connectivity index (χ2v) is 7.00. The van der Waals surface area contributed by atoms with E-state index in [4.69, 9.17) is 10.8 Å². The highest BCUT2D eigenvalue weighted by atomic mass is 15.3. The van der Waals surface area contributed by atoms with Crippen LogP contribution in [0.5, 0.6) is 0 Å². The van der Waals surface area contributed by atoms with Crippen molar-refractivity contribution in [3.63, 3.8) is 0 Å². The first-order chi connectivity index (χ1) is 10.3. The summed E-state index contributed by atoms with van der Waals surface area (Å²) in [6, 6.07) is 0. The second kappa shape index (κ2) is 5.05. The third-order valence-corrected chi connectivity index (χ3v) is 4.30. The van der Waals surface area contributed by atoms with Gasteiger partial charge in [-0.15, -0.1) is 0 Å². The maximum Gasteiger partial charge on any atom is 0.220 e. The lowest BCUT2D eigenvalue weighted by Gasteiger charge is -2.31. The minimum Gasteiger partial charge on any atom is -0.368 e. The number of rotatable bonds is 3. The fraction of sp³-hybridized carbons (Fsp3) is 0.562. The van der Waals surface area contributed by atoms with Crippen molar-refractivity contribution in [1.82, 2.24) is 24.6 Å². The van der Waals surface area contributed by atoms with E-state index in [0.29, 0.717) is 5.95 Å². The van der Waals surface area contributed by atoms with E-state index < -0.39 is 0 Å². The summed E-state index contributed by atoms with van der Waals surface area (Å²) in [4.78, 5) is 10.8. The van der Waals surface area contributed by atoms with Gasteiger partial charge in [-0.25, -0.2) is 9.97 Å². The zero-order valence-corrected chi connectivity index (χ0v) is 14.0. The predicted octanol–water partition coefficient (Wildman–Crippen LogP) is 1.63. The molecule has 0 atom stereocenters. The summed E-state index contributed by atoms with van der Waals surface area (Å²) in [6.45, 7) is 8.38. The number of anilines is 1. The number of nitrogens with two attached hydrogens (primary N) is 1. The van der Waals surface area contributed by atoms with Gasteiger partial charge >= 0.3 is 0 Å². The van der Waals surface area contributed by atoms with E-state index in [1.807, 2.05) is 6.20 Å². The van der Waals surface area contributed by atoms with Crippen LogP contribution >= 0.6 is 0 Å². The fourth-order valence-electron chi connectivity index (χ4n) is 3.41. The monoisotopic (exact) mass is 300 g/mol. The second-order valence-electron chi connectivity index (χ2n) is 7.00. The zero-order valence-electron chi connectivity index (χ0n) is 14.0. The van der Waals surface area contributed by atoms with Crippen LogP contribution in [0.2, 0.25) is 0 Å². The Morgan fingerprint density at radius 3 is 2.77 bits per heavy atom. The molecule has 6 heteroatoms. The molecule has 6 nitrogen and oxygen atoms in total. The molecule has 1 aliphatic rings. The Bertz CT molecular complexity index is 714. The molecule has 0 amide bonds. The Morgan fingerprint density at radius 1 is 1.36 bits per heavy atom. The molecule has 3 rings (SSSR count). The molecule has 1 aliphatic carbocycles. The molecule has 0 fully saturated rings. The SMILES string of the molecule is Cc1nn(CCN(C)C)c2c1C(C)(C)Cc1cnc(N)nc1-2. The average molecular weight is 300 g/mol. The Labute approximate surface area is 131 Å². The molecule has 0 bridgehead atoms. The number of nitrogen functional groups attached to an aromatic ring is 1. The molecule has 0 spiro atoms. The number of aryl methyl sites for hydroxylation is 1. The Morgan fingerprint density at radius 2 is 2.09 bits per heavy atom. The third-order valence-electron chi connectivity index (χ3n) is 4.30. The molecule has 118 valence electrons. The molecule has 0 unspecified atom stereocenters. The van der Waals surface area contributed by atoms with Crippen molar-refractivity contribution < 1.29 is 0 Å². The first-order valence-corrected chi connectivity index (χ1v) is 7.64. The van der Waals surface area contributed by atoms with Crippen LogP contribution in [-0.2, 0) is 18.4 Å². The lowest BCUT2D eigenvalue weighted by molar-refractivity contribution is 0.373. The number of hydrogen-bond acceptors (Lipinski definition) is 5. The van der Waals surface area contributed by atoms with E-state index in [1.165, 1.54) is 5.56 Å². The molecule has 2 N–H and O–H groups in total. The molecule has 22 heavy (non-hydrogen) atoms. The molecule has 0 radical (unpaired) electrons. The van der Waals surface area contributed by atoms with Crippen LogP contribution in [-0.4, -0.2) is 45.3 Å².